The second-order valence-electron chi connectivity index (χ2n) is 2.64. The number of anilines is 1. The third-order valence-electron chi connectivity index (χ3n) is 2.01. The maximum atomic E-state index is 3.17. The van der Waals surface area contributed by atoms with Crippen LogP contribution in [-0.4, -0.2) is 7.05 Å². The monoisotopic (exact) mass is 161 g/mol. The number of hydrogen-bond donors (Lipinski definition) is 1. The van der Waals surface area contributed by atoms with Crippen molar-refractivity contribution >= 4 is 17.8 Å². The Kier molecular flexibility index (Phi) is 2.92. The SMILES string of the molecule is C/C=c1/cccc(NC)/c1=C/C. The van der Waals surface area contributed by atoms with Gasteiger partial charge in [0.1, 0.15) is 0 Å². The quantitative estimate of drug-likeness (QED) is 0.655. The van der Waals surface area contributed by atoms with Gasteiger partial charge in [-0.25, -0.2) is 0 Å². The lowest BCUT2D eigenvalue weighted by Gasteiger charge is -2.00. The van der Waals surface area contributed by atoms with Crippen LogP contribution in [0.15, 0.2) is 18.2 Å². The first-order chi connectivity index (χ1) is 5.83. The number of benzene rings is 1. The third kappa shape index (κ3) is 1.50. The van der Waals surface area contributed by atoms with Crippen molar-refractivity contribution in [2.75, 3.05) is 12.4 Å². The van der Waals surface area contributed by atoms with Crippen LogP contribution in [0, 0.1) is 0 Å². The summed E-state index contributed by atoms with van der Waals surface area (Å²) in [6.45, 7) is 4.12. The average Bonchev–Trinajstić information content (AvgIpc) is 2.16. The van der Waals surface area contributed by atoms with Crippen LogP contribution in [0.4, 0.5) is 5.69 Å². The van der Waals surface area contributed by atoms with Gasteiger partial charge in [0.15, 0.2) is 0 Å². The molecule has 1 aromatic carbocycles. The molecule has 0 spiro atoms. The summed E-state index contributed by atoms with van der Waals surface area (Å²) in [7, 11) is 1.95. The van der Waals surface area contributed by atoms with Gasteiger partial charge in [-0.1, -0.05) is 24.3 Å². The summed E-state index contributed by atoms with van der Waals surface area (Å²) in [6.07, 6.45) is 4.25. The van der Waals surface area contributed by atoms with Crippen molar-refractivity contribution in [3.63, 3.8) is 0 Å². The molecule has 0 aromatic heterocycles. The summed E-state index contributed by atoms with van der Waals surface area (Å²) < 4.78 is 0. The van der Waals surface area contributed by atoms with Crippen molar-refractivity contribution < 1.29 is 0 Å². The van der Waals surface area contributed by atoms with E-state index >= 15 is 0 Å². The average molecular weight is 161 g/mol. The molecule has 0 aliphatic carbocycles. The molecule has 0 bridgehead atoms. The first-order valence-corrected chi connectivity index (χ1v) is 4.23. The summed E-state index contributed by atoms with van der Waals surface area (Å²) >= 11 is 0. The van der Waals surface area contributed by atoms with E-state index in [9.17, 15) is 0 Å². The van der Waals surface area contributed by atoms with Gasteiger partial charge < -0.3 is 5.32 Å². The molecule has 12 heavy (non-hydrogen) atoms. The van der Waals surface area contributed by atoms with Crippen LogP contribution < -0.4 is 15.8 Å². The molecule has 1 nitrogen and oxygen atoms in total. The molecule has 0 aliphatic rings. The lowest BCUT2D eigenvalue weighted by atomic mass is 10.2. The molecule has 64 valence electrons. The molecule has 0 saturated heterocycles. The number of rotatable bonds is 1. The summed E-state index contributed by atoms with van der Waals surface area (Å²) in [4.78, 5) is 0. The van der Waals surface area contributed by atoms with Gasteiger partial charge in [0.2, 0.25) is 0 Å². The van der Waals surface area contributed by atoms with Crippen molar-refractivity contribution in [3.8, 4) is 0 Å². The minimum absolute atomic E-state index is 1.19. The lowest BCUT2D eigenvalue weighted by Crippen LogP contribution is -2.26. The van der Waals surface area contributed by atoms with Gasteiger partial charge in [-0.2, -0.15) is 0 Å². The van der Waals surface area contributed by atoms with Crippen molar-refractivity contribution in [2.24, 2.45) is 0 Å². The van der Waals surface area contributed by atoms with Gasteiger partial charge in [-0.05, 0) is 25.1 Å². The van der Waals surface area contributed by atoms with Crippen LogP contribution >= 0.6 is 0 Å². The Morgan fingerprint density at radius 3 is 2.42 bits per heavy atom. The molecule has 0 saturated carbocycles. The van der Waals surface area contributed by atoms with Crippen molar-refractivity contribution in [3.05, 3.63) is 28.6 Å². The zero-order valence-electron chi connectivity index (χ0n) is 7.89. The molecule has 0 aliphatic heterocycles. The normalized spacial score (nSPS) is 13.6. The largest absolute Gasteiger partial charge is 0.388 e. The highest BCUT2D eigenvalue weighted by Crippen LogP contribution is 1.92. The molecule has 0 fully saturated rings. The number of hydrogen-bond acceptors (Lipinski definition) is 1. The van der Waals surface area contributed by atoms with E-state index in [1.54, 1.807) is 0 Å². The highest BCUT2D eigenvalue weighted by Gasteiger charge is 1.89. The topological polar surface area (TPSA) is 12.0 Å². The standard InChI is InChI=1S/C11H15N/c1-4-9-7-6-8-11(12-3)10(9)5-2/h4-8,12H,1-3H3/b9-4-,10-5+. The lowest BCUT2D eigenvalue weighted by molar-refractivity contribution is 1.42. The third-order valence-corrected chi connectivity index (χ3v) is 2.01. The van der Waals surface area contributed by atoms with E-state index in [0.29, 0.717) is 0 Å². The first kappa shape index (κ1) is 8.85. The Hall–Kier alpha value is -1.24. The molecule has 0 heterocycles. The highest BCUT2D eigenvalue weighted by molar-refractivity contribution is 5.49. The van der Waals surface area contributed by atoms with E-state index < -0.39 is 0 Å². The zero-order valence-corrected chi connectivity index (χ0v) is 7.89. The van der Waals surface area contributed by atoms with Crippen molar-refractivity contribution in [1.29, 1.82) is 0 Å². The summed E-state index contributed by atoms with van der Waals surface area (Å²) in [6, 6.07) is 6.27. The molecular formula is C11H15N. The molecule has 0 atom stereocenters. The smallest absolute Gasteiger partial charge is 0.0413 e. The van der Waals surface area contributed by atoms with Crippen LogP contribution in [-0.2, 0) is 0 Å². The fourth-order valence-electron chi connectivity index (χ4n) is 1.37. The minimum Gasteiger partial charge on any atom is -0.388 e. The second kappa shape index (κ2) is 3.96. The Labute approximate surface area is 73.4 Å². The van der Waals surface area contributed by atoms with Crippen molar-refractivity contribution in [2.45, 2.75) is 13.8 Å². The first-order valence-electron chi connectivity index (χ1n) is 4.23. The Morgan fingerprint density at radius 1 is 1.17 bits per heavy atom. The molecule has 1 aromatic rings. The fourth-order valence-corrected chi connectivity index (χ4v) is 1.37. The van der Waals surface area contributed by atoms with E-state index in [2.05, 4.69) is 49.5 Å². The highest BCUT2D eigenvalue weighted by atomic mass is 14.8. The van der Waals surface area contributed by atoms with E-state index in [-0.39, 0.29) is 0 Å². The summed E-state index contributed by atoms with van der Waals surface area (Å²) in [5.74, 6) is 0. The Bertz CT molecular complexity index is 363. The van der Waals surface area contributed by atoms with Crippen LogP contribution in [0.25, 0.3) is 12.2 Å². The predicted octanol–water partition coefficient (Wildman–Crippen LogP) is 1.33. The molecular weight excluding hydrogens is 146 g/mol. The fraction of sp³-hybridized carbons (Fsp3) is 0.273. The Morgan fingerprint density at radius 2 is 1.92 bits per heavy atom. The molecule has 0 unspecified atom stereocenters. The molecule has 0 radical (unpaired) electrons. The van der Waals surface area contributed by atoms with E-state index in [1.165, 1.54) is 16.1 Å². The molecule has 1 heteroatoms. The Balaban J connectivity index is 3.56. The summed E-state index contributed by atoms with van der Waals surface area (Å²) in [5.41, 5.74) is 1.19. The van der Waals surface area contributed by atoms with E-state index in [0.717, 1.165) is 0 Å². The minimum atomic E-state index is 1.19. The second-order valence-corrected chi connectivity index (χ2v) is 2.64. The van der Waals surface area contributed by atoms with Crippen LogP contribution in [0.2, 0.25) is 0 Å². The van der Waals surface area contributed by atoms with Gasteiger partial charge in [0.25, 0.3) is 0 Å². The van der Waals surface area contributed by atoms with Crippen LogP contribution in [0.1, 0.15) is 13.8 Å². The van der Waals surface area contributed by atoms with Crippen molar-refractivity contribution in [1.82, 2.24) is 0 Å². The van der Waals surface area contributed by atoms with Gasteiger partial charge in [-0.15, -0.1) is 0 Å². The van der Waals surface area contributed by atoms with Crippen LogP contribution in [0.3, 0.4) is 0 Å². The molecule has 1 rings (SSSR count). The van der Waals surface area contributed by atoms with Gasteiger partial charge in [-0.3, -0.25) is 0 Å². The van der Waals surface area contributed by atoms with Gasteiger partial charge in [0, 0.05) is 18.0 Å². The van der Waals surface area contributed by atoms with Gasteiger partial charge >= 0.3 is 0 Å². The zero-order chi connectivity index (χ0) is 8.97. The number of nitrogens with one attached hydrogen (secondary N) is 1. The van der Waals surface area contributed by atoms with Crippen LogP contribution in [0.5, 0.6) is 0 Å². The molecule has 0 amide bonds. The predicted molar refractivity (Wildman–Crippen MR) is 55.5 cm³/mol. The van der Waals surface area contributed by atoms with E-state index in [4.69, 9.17) is 0 Å². The summed E-state index contributed by atoms with van der Waals surface area (Å²) in [5, 5.41) is 5.73. The maximum Gasteiger partial charge on any atom is 0.0413 e. The maximum absolute atomic E-state index is 3.17. The molecule has 1 N–H and O–H groups in total. The van der Waals surface area contributed by atoms with Gasteiger partial charge in [0.05, 0.1) is 0 Å². The van der Waals surface area contributed by atoms with E-state index in [1.807, 2.05) is 7.05 Å².